The first kappa shape index (κ1) is 14.7. The third-order valence-electron chi connectivity index (χ3n) is 3.53. The molecule has 0 spiro atoms. The van der Waals surface area contributed by atoms with E-state index in [1.54, 1.807) is 7.11 Å². The molecular formula is C15H23N3O2. The summed E-state index contributed by atoms with van der Waals surface area (Å²) in [5.41, 5.74) is 7.20. The van der Waals surface area contributed by atoms with Crippen LogP contribution in [0.3, 0.4) is 0 Å². The highest BCUT2D eigenvalue weighted by molar-refractivity contribution is 5.78. The van der Waals surface area contributed by atoms with Crippen molar-refractivity contribution in [2.24, 2.45) is 10.7 Å². The summed E-state index contributed by atoms with van der Waals surface area (Å²) in [6.07, 6.45) is 0. The van der Waals surface area contributed by atoms with E-state index in [1.807, 2.05) is 18.2 Å². The Morgan fingerprint density at radius 3 is 2.80 bits per heavy atom. The molecule has 2 N–H and O–H groups in total. The summed E-state index contributed by atoms with van der Waals surface area (Å²) in [4.78, 5) is 6.58. The van der Waals surface area contributed by atoms with Gasteiger partial charge in [-0.05, 0) is 11.6 Å². The zero-order chi connectivity index (χ0) is 14.4. The van der Waals surface area contributed by atoms with Gasteiger partial charge in [0.25, 0.3) is 0 Å². The first-order valence-corrected chi connectivity index (χ1v) is 6.98. The molecule has 2 rings (SSSR count). The van der Waals surface area contributed by atoms with Gasteiger partial charge in [0.2, 0.25) is 0 Å². The fourth-order valence-electron chi connectivity index (χ4n) is 2.29. The van der Waals surface area contributed by atoms with E-state index in [2.05, 4.69) is 22.9 Å². The normalized spacial score (nSPS) is 17.9. The summed E-state index contributed by atoms with van der Waals surface area (Å²) in [6.45, 7) is 5.87. The van der Waals surface area contributed by atoms with E-state index in [4.69, 9.17) is 15.2 Å². The lowest BCUT2D eigenvalue weighted by molar-refractivity contribution is 0.0674. The average molecular weight is 277 g/mol. The second-order valence-electron chi connectivity index (χ2n) is 4.94. The number of benzene rings is 1. The largest absolute Gasteiger partial charge is 0.496 e. The van der Waals surface area contributed by atoms with Crippen molar-refractivity contribution in [3.63, 3.8) is 0 Å². The summed E-state index contributed by atoms with van der Waals surface area (Å²) < 4.78 is 10.7. The van der Waals surface area contributed by atoms with Crippen molar-refractivity contribution in [1.29, 1.82) is 0 Å². The molecule has 1 aromatic rings. The lowest BCUT2D eigenvalue weighted by Gasteiger charge is -2.27. The fourth-order valence-corrected chi connectivity index (χ4v) is 2.29. The van der Waals surface area contributed by atoms with Crippen molar-refractivity contribution in [2.75, 3.05) is 40.0 Å². The lowest BCUT2D eigenvalue weighted by atomic mass is 10.0. The van der Waals surface area contributed by atoms with E-state index in [1.165, 1.54) is 0 Å². The lowest BCUT2D eigenvalue weighted by Crippen LogP contribution is -2.45. The molecule has 0 saturated carbocycles. The van der Waals surface area contributed by atoms with Crippen molar-refractivity contribution in [3.05, 3.63) is 29.8 Å². The topological polar surface area (TPSA) is 60.1 Å². The number of nitrogens with zero attached hydrogens (tertiary/aromatic N) is 2. The predicted octanol–water partition coefficient (Wildman–Crippen LogP) is 1.45. The van der Waals surface area contributed by atoms with Crippen LogP contribution in [0, 0.1) is 0 Å². The van der Waals surface area contributed by atoms with Gasteiger partial charge < -0.3 is 20.1 Å². The minimum absolute atomic E-state index is 0.269. The number of hydrogen-bond donors (Lipinski definition) is 1. The predicted molar refractivity (Wildman–Crippen MR) is 80.3 cm³/mol. The highest BCUT2D eigenvalue weighted by atomic mass is 16.5. The Morgan fingerprint density at radius 1 is 1.40 bits per heavy atom. The Hall–Kier alpha value is -1.75. The molecule has 5 heteroatoms. The Bertz CT molecular complexity index is 456. The number of ether oxygens (including phenoxy) is 2. The van der Waals surface area contributed by atoms with E-state index < -0.39 is 0 Å². The smallest absolute Gasteiger partial charge is 0.191 e. The van der Waals surface area contributed by atoms with Crippen LogP contribution in [-0.4, -0.2) is 50.8 Å². The molecule has 1 aromatic carbocycles. The van der Waals surface area contributed by atoms with Crippen LogP contribution in [0.2, 0.25) is 0 Å². The van der Waals surface area contributed by atoms with Crippen molar-refractivity contribution >= 4 is 5.96 Å². The molecule has 0 unspecified atom stereocenters. The molecule has 1 aliphatic rings. The van der Waals surface area contributed by atoms with Gasteiger partial charge in [0.1, 0.15) is 5.75 Å². The van der Waals surface area contributed by atoms with Crippen LogP contribution in [0.15, 0.2) is 29.3 Å². The van der Waals surface area contributed by atoms with Gasteiger partial charge in [-0.3, -0.25) is 4.99 Å². The number of nitrogens with two attached hydrogens (primary N) is 1. The van der Waals surface area contributed by atoms with Crippen molar-refractivity contribution in [1.82, 2.24) is 4.90 Å². The minimum Gasteiger partial charge on any atom is -0.496 e. The molecule has 110 valence electrons. The van der Waals surface area contributed by atoms with Gasteiger partial charge in [0, 0.05) is 25.6 Å². The van der Waals surface area contributed by atoms with Crippen LogP contribution in [0.4, 0.5) is 0 Å². The Labute approximate surface area is 120 Å². The monoisotopic (exact) mass is 277 g/mol. The van der Waals surface area contributed by atoms with Crippen molar-refractivity contribution in [3.8, 4) is 5.75 Å². The van der Waals surface area contributed by atoms with E-state index >= 15 is 0 Å². The number of hydrogen-bond acceptors (Lipinski definition) is 3. The zero-order valence-corrected chi connectivity index (χ0v) is 12.2. The van der Waals surface area contributed by atoms with Crippen molar-refractivity contribution < 1.29 is 9.47 Å². The van der Waals surface area contributed by atoms with Crippen LogP contribution < -0.4 is 10.5 Å². The molecule has 5 nitrogen and oxygen atoms in total. The molecule has 1 saturated heterocycles. The molecule has 1 atom stereocenters. The highest BCUT2D eigenvalue weighted by Crippen LogP contribution is 2.26. The minimum atomic E-state index is 0.269. The van der Waals surface area contributed by atoms with Crippen LogP contribution in [0.1, 0.15) is 18.4 Å². The molecular weight excluding hydrogens is 254 g/mol. The van der Waals surface area contributed by atoms with Gasteiger partial charge in [-0.2, -0.15) is 0 Å². The van der Waals surface area contributed by atoms with Gasteiger partial charge in [0.05, 0.1) is 20.3 Å². The number of methoxy groups -OCH3 is 1. The van der Waals surface area contributed by atoms with E-state index in [0.29, 0.717) is 12.5 Å². The first-order valence-electron chi connectivity index (χ1n) is 6.98. The highest BCUT2D eigenvalue weighted by Gasteiger charge is 2.14. The second kappa shape index (κ2) is 7.14. The van der Waals surface area contributed by atoms with Crippen LogP contribution in [-0.2, 0) is 4.74 Å². The van der Waals surface area contributed by atoms with Gasteiger partial charge in [-0.1, -0.05) is 25.1 Å². The molecule has 1 fully saturated rings. The van der Waals surface area contributed by atoms with E-state index in [0.717, 1.165) is 37.6 Å². The standard InChI is InChI=1S/C15H23N3O2/c1-12(13-5-3-4-6-14(13)19-2)11-17-15(16)18-7-9-20-10-8-18/h3-6,12H,7-11H2,1-2H3,(H2,16,17)/t12-/m1/s1. The van der Waals surface area contributed by atoms with Gasteiger partial charge >= 0.3 is 0 Å². The third kappa shape index (κ3) is 3.63. The number of morpholine rings is 1. The molecule has 0 aliphatic carbocycles. The summed E-state index contributed by atoms with van der Waals surface area (Å²) in [5.74, 6) is 1.78. The molecule has 0 aromatic heterocycles. The van der Waals surface area contributed by atoms with Crippen LogP contribution >= 0.6 is 0 Å². The molecule has 0 radical (unpaired) electrons. The number of guanidine groups is 1. The van der Waals surface area contributed by atoms with E-state index in [9.17, 15) is 0 Å². The number of rotatable bonds is 4. The summed E-state index contributed by atoms with van der Waals surface area (Å²) in [5, 5.41) is 0. The first-order chi connectivity index (χ1) is 9.72. The Kier molecular flexibility index (Phi) is 5.24. The fraction of sp³-hybridized carbons (Fsp3) is 0.533. The Morgan fingerprint density at radius 2 is 2.10 bits per heavy atom. The molecule has 1 heterocycles. The maximum absolute atomic E-state index is 6.03. The number of para-hydroxylation sites is 1. The SMILES string of the molecule is COc1ccccc1[C@H](C)CN=C(N)N1CCOCC1. The summed E-state index contributed by atoms with van der Waals surface area (Å²) in [6, 6.07) is 8.04. The van der Waals surface area contributed by atoms with Gasteiger partial charge in [0.15, 0.2) is 5.96 Å². The zero-order valence-electron chi connectivity index (χ0n) is 12.2. The Balaban J connectivity index is 1.98. The third-order valence-corrected chi connectivity index (χ3v) is 3.53. The second-order valence-corrected chi connectivity index (χ2v) is 4.94. The van der Waals surface area contributed by atoms with Crippen LogP contribution in [0.5, 0.6) is 5.75 Å². The maximum atomic E-state index is 6.03. The van der Waals surface area contributed by atoms with Gasteiger partial charge in [-0.15, -0.1) is 0 Å². The maximum Gasteiger partial charge on any atom is 0.191 e. The molecule has 0 bridgehead atoms. The molecule has 0 amide bonds. The molecule has 1 aliphatic heterocycles. The van der Waals surface area contributed by atoms with Crippen LogP contribution in [0.25, 0.3) is 0 Å². The number of aliphatic imine (C=N–C) groups is 1. The van der Waals surface area contributed by atoms with Crippen molar-refractivity contribution in [2.45, 2.75) is 12.8 Å². The summed E-state index contributed by atoms with van der Waals surface area (Å²) in [7, 11) is 1.69. The quantitative estimate of drug-likeness (QED) is 0.668. The van der Waals surface area contributed by atoms with E-state index in [-0.39, 0.29) is 5.92 Å². The van der Waals surface area contributed by atoms with Gasteiger partial charge in [-0.25, -0.2) is 0 Å². The summed E-state index contributed by atoms with van der Waals surface area (Å²) >= 11 is 0. The average Bonchev–Trinajstić information content (AvgIpc) is 2.53. The molecule has 20 heavy (non-hydrogen) atoms.